The molecule has 0 aliphatic heterocycles. The number of primary amides is 1. The minimum absolute atomic E-state index is 0.160. The van der Waals surface area contributed by atoms with Crippen molar-refractivity contribution in [3.8, 4) is 0 Å². The van der Waals surface area contributed by atoms with Crippen molar-refractivity contribution in [2.24, 2.45) is 11.7 Å². The first-order chi connectivity index (χ1) is 5.99. The molecule has 0 heterocycles. The Hall–Kier alpha value is -1.10. The zero-order chi connectivity index (χ0) is 10.4. The average Bonchev–Trinajstić information content (AvgIpc) is 2.04. The van der Waals surface area contributed by atoms with E-state index in [-0.39, 0.29) is 11.8 Å². The van der Waals surface area contributed by atoms with Gasteiger partial charge in [-0.2, -0.15) is 0 Å². The third-order valence-corrected chi connectivity index (χ3v) is 1.74. The molecule has 2 atom stereocenters. The molecular formula is C8H17N3O2. The van der Waals surface area contributed by atoms with Crippen molar-refractivity contribution >= 4 is 11.8 Å². The molecule has 76 valence electrons. The maximum absolute atomic E-state index is 11.3. The van der Waals surface area contributed by atoms with Gasteiger partial charge in [-0.25, -0.2) is 0 Å². The largest absolute Gasteiger partial charge is 0.368 e. The molecule has 0 aromatic heterocycles. The number of nitrogens with one attached hydrogen (secondary N) is 2. The molecule has 0 spiro atoms. The SMILES string of the molecule is CNCC(C)C(=O)NC(C)C(N)=O. The zero-order valence-corrected chi connectivity index (χ0v) is 8.26. The van der Waals surface area contributed by atoms with Crippen LogP contribution in [0.1, 0.15) is 13.8 Å². The van der Waals surface area contributed by atoms with Crippen LogP contribution in [-0.2, 0) is 9.59 Å². The van der Waals surface area contributed by atoms with Gasteiger partial charge in [-0.3, -0.25) is 9.59 Å². The van der Waals surface area contributed by atoms with Crippen LogP contribution in [0.2, 0.25) is 0 Å². The summed E-state index contributed by atoms with van der Waals surface area (Å²) >= 11 is 0. The highest BCUT2D eigenvalue weighted by molar-refractivity contribution is 5.87. The van der Waals surface area contributed by atoms with Crippen molar-refractivity contribution in [2.45, 2.75) is 19.9 Å². The van der Waals surface area contributed by atoms with Crippen LogP contribution >= 0.6 is 0 Å². The summed E-state index contributed by atoms with van der Waals surface area (Å²) in [4.78, 5) is 21.9. The lowest BCUT2D eigenvalue weighted by Crippen LogP contribution is -2.45. The van der Waals surface area contributed by atoms with Crippen molar-refractivity contribution in [1.82, 2.24) is 10.6 Å². The highest BCUT2D eigenvalue weighted by Gasteiger charge is 2.16. The molecule has 0 rings (SSSR count). The van der Waals surface area contributed by atoms with Crippen molar-refractivity contribution in [3.05, 3.63) is 0 Å². The summed E-state index contributed by atoms with van der Waals surface area (Å²) in [6.45, 7) is 3.92. The van der Waals surface area contributed by atoms with Gasteiger partial charge in [0.2, 0.25) is 11.8 Å². The summed E-state index contributed by atoms with van der Waals surface area (Å²) in [7, 11) is 1.77. The van der Waals surface area contributed by atoms with Gasteiger partial charge in [-0.15, -0.1) is 0 Å². The highest BCUT2D eigenvalue weighted by atomic mass is 16.2. The number of carbonyl (C=O) groups is 2. The van der Waals surface area contributed by atoms with Crippen LogP contribution in [0.25, 0.3) is 0 Å². The number of carbonyl (C=O) groups excluding carboxylic acids is 2. The Morgan fingerprint density at radius 3 is 2.31 bits per heavy atom. The molecule has 0 aliphatic carbocycles. The molecule has 0 saturated carbocycles. The molecule has 0 aliphatic rings. The first-order valence-corrected chi connectivity index (χ1v) is 4.23. The van der Waals surface area contributed by atoms with Gasteiger partial charge in [-0.05, 0) is 14.0 Å². The van der Waals surface area contributed by atoms with E-state index in [0.717, 1.165) is 0 Å². The predicted molar refractivity (Wildman–Crippen MR) is 49.9 cm³/mol. The van der Waals surface area contributed by atoms with Crippen LogP contribution in [0.3, 0.4) is 0 Å². The van der Waals surface area contributed by atoms with Crippen molar-refractivity contribution in [1.29, 1.82) is 0 Å². The number of nitrogens with two attached hydrogens (primary N) is 1. The van der Waals surface area contributed by atoms with E-state index >= 15 is 0 Å². The molecule has 5 nitrogen and oxygen atoms in total. The second kappa shape index (κ2) is 5.53. The second-order valence-electron chi connectivity index (χ2n) is 3.09. The van der Waals surface area contributed by atoms with Gasteiger partial charge >= 0.3 is 0 Å². The summed E-state index contributed by atoms with van der Waals surface area (Å²) in [5, 5.41) is 5.38. The lowest BCUT2D eigenvalue weighted by Gasteiger charge is -2.14. The monoisotopic (exact) mass is 187 g/mol. The molecule has 0 fully saturated rings. The van der Waals surface area contributed by atoms with Crippen LogP contribution in [0, 0.1) is 5.92 Å². The van der Waals surface area contributed by atoms with Gasteiger partial charge in [0.25, 0.3) is 0 Å². The molecule has 5 heteroatoms. The fourth-order valence-electron chi connectivity index (χ4n) is 0.826. The third kappa shape index (κ3) is 4.47. The topological polar surface area (TPSA) is 84.2 Å². The minimum Gasteiger partial charge on any atom is -0.368 e. The van der Waals surface area contributed by atoms with Crippen molar-refractivity contribution in [2.75, 3.05) is 13.6 Å². The maximum Gasteiger partial charge on any atom is 0.239 e. The van der Waals surface area contributed by atoms with E-state index in [0.29, 0.717) is 6.54 Å². The van der Waals surface area contributed by atoms with E-state index in [2.05, 4.69) is 10.6 Å². The number of amides is 2. The molecule has 0 aromatic carbocycles. The Bertz CT molecular complexity index is 194. The first kappa shape index (κ1) is 11.9. The lowest BCUT2D eigenvalue weighted by molar-refractivity contribution is -0.129. The fourth-order valence-corrected chi connectivity index (χ4v) is 0.826. The molecule has 13 heavy (non-hydrogen) atoms. The van der Waals surface area contributed by atoms with E-state index in [1.165, 1.54) is 0 Å². The smallest absolute Gasteiger partial charge is 0.239 e. The highest BCUT2D eigenvalue weighted by Crippen LogP contribution is 1.93. The predicted octanol–water partition coefficient (Wildman–Crippen LogP) is -1.17. The summed E-state index contributed by atoms with van der Waals surface area (Å²) in [5.41, 5.74) is 4.99. The van der Waals surface area contributed by atoms with Crippen LogP contribution in [0.4, 0.5) is 0 Å². The molecular weight excluding hydrogens is 170 g/mol. The van der Waals surface area contributed by atoms with Crippen LogP contribution in [-0.4, -0.2) is 31.4 Å². The number of rotatable bonds is 5. The maximum atomic E-state index is 11.3. The first-order valence-electron chi connectivity index (χ1n) is 4.23. The average molecular weight is 187 g/mol. The Balaban J connectivity index is 3.92. The fraction of sp³-hybridized carbons (Fsp3) is 0.750. The van der Waals surface area contributed by atoms with E-state index in [4.69, 9.17) is 5.73 Å². The standard InChI is InChI=1S/C8H17N3O2/c1-5(4-10-3)8(13)11-6(2)7(9)12/h5-6,10H,4H2,1-3H3,(H2,9,12)(H,11,13). The van der Waals surface area contributed by atoms with Crippen molar-refractivity contribution in [3.63, 3.8) is 0 Å². The Labute approximate surface area is 78.1 Å². The molecule has 0 saturated heterocycles. The van der Waals surface area contributed by atoms with Gasteiger partial charge in [0.05, 0.1) is 0 Å². The van der Waals surface area contributed by atoms with Crippen LogP contribution in [0.15, 0.2) is 0 Å². The molecule has 0 aromatic rings. The van der Waals surface area contributed by atoms with Gasteiger partial charge in [0.15, 0.2) is 0 Å². The molecule has 4 N–H and O–H groups in total. The Morgan fingerprint density at radius 1 is 1.38 bits per heavy atom. The normalized spacial score (nSPS) is 14.7. The molecule has 0 radical (unpaired) electrons. The van der Waals surface area contributed by atoms with E-state index in [1.54, 1.807) is 20.9 Å². The van der Waals surface area contributed by atoms with Crippen LogP contribution < -0.4 is 16.4 Å². The summed E-state index contributed by atoms with van der Waals surface area (Å²) in [6, 6.07) is -0.605. The number of hydrogen-bond donors (Lipinski definition) is 3. The van der Waals surface area contributed by atoms with E-state index in [1.807, 2.05) is 0 Å². The zero-order valence-electron chi connectivity index (χ0n) is 8.26. The molecule has 2 unspecified atom stereocenters. The van der Waals surface area contributed by atoms with E-state index < -0.39 is 11.9 Å². The van der Waals surface area contributed by atoms with Crippen molar-refractivity contribution < 1.29 is 9.59 Å². The lowest BCUT2D eigenvalue weighted by atomic mass is 10.1. The van der Waals surface area contributed by atoms with Crippen LogP contribution in [0.5, 0.6) is 0 Å². The van der Waals surface area contributed by atoms with Gasteiger partial charge in [0.1, 0.15) is 6.04 Å². The number of hydrogen-bond acceptors (Lipinski definition) is 3. The van der Waals surface area contributed by atoms with Gasteiger partial charge in [-0.1, -0.05) is 6.92 Å². The summed E-state index contributed by atoms with van der Waals surface area (Å²) in [6.07, 6.45) is 0. The van der Waals surface area contributed by atoms with E-state index in [9.17, 15) is 9.59 Å². The summed E-state index contributed by atoms with van der Waals surface area (Å²) < 4.78 is 0. The Kier molecular flexibility index (Phi) is 5.06. The Morgan fingerprint density at radius 2 is 1.92 bits per heavy atom. The molecule has 2 amide bonds. The second-order valence-corrected chi connectivity index (χ2v) is 3.09. The van der Waals surface area contributed by atoms with Gasteiger partial charge in [0, 0.05) is 12.5 Å². The van der Waals surface area contributed by atoms with Gasteiger partial charge < -0.3 is 16.4 Å². The summed E-state index contributed by atoms with van der Waals surface area (Å²) in [5.74, 6) is -0.850. The molecule has 0 bridgehead atoms. The minimum atomic E-state index is -0.605. The quantitative estimate of drug-likeness (QED) is 0.507. The third-order valence-electron chi connectivity index (χ3n) is 1.74.